The van der Waals surface area contributed by atoms with Crippen molar-refractivity contribution in [2.45, 2.75) is 32.7 Å². The molecule has 0 saturated carbocycles. The van der Waals surface area contributed by atoms with Crippen molar-refractivity contribution in [2.24, 2.45) is 0 Å². The van der Waals surface area contributed by atoms with E-state index < -0.39 is 10.2 Å². The second-order valence-corrected chi connectivity index (χ2v) is 5.47. The normalized spacial score (nSPS) is 21.1. The third-order valence-corrected chi connectivity index (χ3v) is 4.27. The molecule has 1 atom stereocenters. The van der Waals surface area contributed by atoms with Gasteiger partial charge in [-0.1, -0.05) is 13.8 Å². The predicted octanol–water partition coefficient (Wildman–Crippen LogP) is 0.336. The fourth-order valence-electron chi connectivity index (χ4n) is 1.87. The van der Waals surface area contributed by atoms with Crippen LogP contribution in [0.15, 0.2) is 0 Å². The molecule has 5 nitrogen and oxygen atoms in total. The van der Waals surface area contributed by atoms with E-state index in [4.69, 9.17) is 0 Å². The van der Waals surface area contributed by atoms with E-state index in [9.17, 15) is 8.42 Å². The number of halogens is 1. The molecule has 0 amide bonds. The van der Waals surface area contributed by atoms with Gasteiger partial charge in [0.15, 0.2) is 0 Å². The fraction of sp³-hybridized carbons (Fsp3) is 1.00. The van der Waals surface area contributed by atoms with E-state index in [1.54, 1.807) is 11.2 Å². The monoisotopic (exact) mass is 271 g/mol. The molecule has 1 saturated heterocycles. The Balaban J connectivity index is 0.00000225. The van der Waals surface area contributed by atoms with Crippen LogP contribution < -0.4 is 10.0 Å². The van der Waals surface area contributed by atoms with Gasteiger partial charge in [0.1, 0.15) is 0 Å². The maximum atomic E-state index is 11.9. The maximum absolute atomic E-state index is 11.9. The summed E-state index contributed by atoms with van der Waals surface area (Å²) in [6.45, 7) is 6.52. The van der Waals surface area contributed by atoms with Crippen molar-refractivity contribution in [3.8, 4) is 0 Å². The summed E-state index contributed by atoms with van der Waals surface area (Å²) in [6, 6.07) is 0.119. The van der Waals surface area contributed by atoms with Crippen molar-refractivity contribution >= 4 is 22.6 Å². The lowest BCUT2D eigenvalue weighted by molar-refractivity contribution is 0.330. The molecule has 0 aromatic heterocycles. The zero-order chi connectivity index (χ0) is 11.3. The van der Waals surface area contributed by atoms with Gasteiger partial charge in [-0.25, -0.2) is 4.72 Å². The Labute approximate surface area is 105 Å². The highest BCUT2D eigenvalue weighted by atomic mass is 35.5. The van der Waals surface area contributed by atoms with Gasteiger partial charge < -0.3 is 5.32 Å². The summed E-state index contributed by atoms with van der Waals surface area (Å²) in [7, 11) is -3.27. The van der Waals surface area contributed by atoms with Crippen molar-refractivity contribution < 1.29 is 8.42 Å². The summed E-state index contributed by atoms with van der Waals surface area (Å²) in [5.41, 5.74) is 0. The van der Waals surface area contributed by atoms with Crippen molar-refractivity contribution in [3.05, 3.63) is 0 Å². The summed E-state index contributed by atoms with van der Waals surface area (Å²) in [5.74, 6) is 0. The topological polar surface area (TPSA) is 61.4 Å². The first-order valence-corrected chi connectivity index (χ1v) is 7.03. The molecule has 16 heavy (non-hydrogen) atoms. The molecule has 1 aliphatic heterocycles. The number of nitrogens with zero attached hydrogens (tertiary/aromatic N) is 1. The average Bonchev–Trinajstić information content (AvgIpc) is 2.66. The van der Waals surface area contributed by atoms with Crippen LogP contribution in [-0.4, -0.2) is 44.9 Å². The minimum absolute atomic E-state index is 0. The van der Waals surface area contributed by atoms with E-state index in [-0.39, 0.29) is 18.4 Å². The lowest BCUT2D eigenvalue weighted by Crippen LogP contribution is -2.47. The SMILES string of the molecule is CCCN(C1CCNC1)S(=O)(=O)NCC.Cl. The molecule has 0 aromatic rings. The van der Waals surface area contributed by atoms with Gasteiger partial charge >= 0.3 is 0 Å². The molecule has 1 rings (SSSR count). The van der Waals surface area contributed by atoms with Crippen molar-refractivity contribution in [1.82, 2.24) is 14.3 Å². The predicted molar refractivity (Wildman–Crippen MR) is 68.1 cm³/mol. The van der Waals surface area contributed by atoms with Crippen LogP contribution in [0, 0.1) is 0 Å². The van der Waals surface area contributed by atoms with Gasteiger partial charge in [-0.05, 0) is 19.4 Å². The third kappa shape index (κ3) is 4.18. The first-order valence-electron chi connectivity index (χ1n) is 5.59. The average molecular weight is 272 g/mol. The Morgan fingerprint density at radius 3 is 2.56 bits per heavy atom. The Morgan fingerprint density at radius 1 is 1.44 bits per heavy atom. The third-order valence-electron chi connectivity index (χ3n) is 2.52. The van der Waals surface area contributed by atoms with Crippen LogP contribution in [0.4, 0.5) is 0 Å². The molecule has 0 spiro atoms. The van der Waals surface area contributed by atoms with E-state index in [0.717, 1.165) is 25.9 Å². The molecule has 1 heterocycles. The molecule has 1 aliphatic rings. The Bertz CT molecular complexity index is 278. The van der Waals surface area contributed by atoms with E-state index >= 15 is 0 Å². The van der Waals surface area contributed by atoms with Crippen molar-refractivity contribution in [2.75, 3.05) is 26.2 Å². The van der Waals surface area contributed by atoms with Gasteiger partial charge in [-0.2, -0.15) is 12.7 Å². The maximum Gasteiger partial charge on any atom is 0.279 e. The second-order valence-electron chi connectivity index (χ2n) is 3.76. The Hall–Kier alpha value is 0.120. The minimum Gasteiger partial charge on any atom is -0.315 e. The number of nitrogens with one attached hydrogen (secondary N) is 2. The smallest absolute Gasteiger partial charge is 0.279 e. The largest absolute Gasteiger partial charge is 0.315 e. The Morgan fingerprint density at radius 2 is 2.12 bits per heavy atom. The molecule has 2 N–H and O–H groups in total. The van der Waals surface area contributed by atoms with Crippen LogP contribution in [0.3, 0.4) is 0 Å². The summed E-state index contributed by atoms with van der Waals surface area (Å²) >= 11 is 0. The number of rotatable bonds is 6. The van der Waals surface area contributed by atoms with E-state index in [2.05, 4.69) is 10.0 Å². The van der Waals surface area contributed by atoms with Gasteiger partial charge in [0.25, 0.3) is 10.2 Å². The van der Waals surface area contributed by atoms with Crippen molar-refractivity contribution in [3.63, 3.8) is 0 Å². The van der Waals surface area contributed by atoms with Crippen LogP contribution in [0.5, 0.6) is 0 Å². The van der Waals surface area contributed by atoms with E-state index in [1.807, 2.05) is 6.92 Å². The molecular formula is C9H22ClN3O2S. The number of hydrogen-bond donors (Lipinski definition) is 2. The molecule has 7 heteroatoms. The molecule has 0 bridgehead atoms. The van der Waals surface area contributed by atoms with Gasteiger partial charge in [0.05, 0.1) is 0 Å². The standard InChI is InChI=1S/C9H21N3O2S.ClH/c1-3-7-12(9-5-6-10-8-9)15(13,14)11-4-2;/h9-11H,3-8H2,1-2H3;1H. The molecule has 0 aliphatic carbocycles. The summed E-state index contributed by atoms with van der Waals surface area (Å²) < 4.78 is 27.9. The quantitative estimate of drug-likeness (QED) is 0.732. The first kappa shape index (κ1) is 16.1. The van der Waals surface area contributed by atoms with Gasteiger partial charge in [0, 0.05) is 25.7 Å². The zero-order valence-corrected chi connectivity index (χ0v) is 11.5. The van der Waals surface area contributed by atoms with Crippen LogP contribution in [0.2, 0.25) is 0 Å². The van der Waals surface area contributed by atoms with Gasteiger partial charge in [-0.15, -0.1) is 12.4 Å². The van der Waals surface area contributed by atoms with E-state index in [0.29, 0.717) is 13.1 Å². The minimum atomic E-state index is -3.27. The van der Waals surface area contributed by atoms with Gasteiger partial charge in [-0.3, -0.25) is 0 Å². The van der Waals surface area contributed by atoms with Gasteiger partial charge in [0.2, 0.25) is 0 Å². The highest BCUT2D eigenvalue weighted by Crippen LogP contribution is 2.12. The Kier molecular flexibility index (Phi) is 7.50. The fourth-order valence-corrected chi connectivity index (χ4v) is 3.40. The summed E-state index contributed by atoms with van der Waals surface area (Å²) in [4.78, 5) is 0. The zero-order valence-electron chi connectivity index (χ0n) is 9.90. The highest BCUT2D eigenvalue weighted by Gasteiger charge is 2.30. The van der Waals surface area contributed by atoms with E-state index in [1.165, 1.54) is 0 Å². The number of hydrogen-bond acceptors (Lipinski definition) is 3. The van der Waals surface area contributed by atoms with Crippen LogP contribution >= 0.6 is 12.4 Å². The molecule has 0 aromatic carbocycles. The van der Waals surface area contributed by atoms with Crippen LogP contribution in [0.1, 0.15) is 26.7 Å². The van der Waals surface area contributed by atoms with Crippen LogP contribution in [0.25, 0.3) is 0 Å². The molecule has 0 radical (unpaired) electrons. The first-order chi connectivity index (χ1) is 7.11. The highest BCUT2D eigenvalue weighted by molar-refractivity contribution is 7.87. The molecule has 98 valence electrons. The lowest BCUT2D eigenvalue weighted by atomic mass is 10.2. The molecule has 1 fully saturated rings. The summed E-state index contributed by atoms with van der Waals surface area (Å²) in [6.07, 6.45) is 1.76. The lowest BCUT2D eigenvalue weighted by Gasteiger charge is -2.26. The molecule has 1 unspecified atom stereocenters. The van der Waals surface area contributed by atoms with Crippen LogP contribution in [-0.2, 0) is 10.2 Å². The molecular weight excluding hydrogens is 250 g/mol. The summed E-state index contributed by atoms with van der Waals surface area (Å²) in [5, 5.41) is 3.19. The second kappa shape index (κ2) is 7.45. The van der Waals surface area contributed by atoms with Crippen molar-refractivity contribution in [1.29, 1.82) is 0 Å².